The van der Waals surface area contributed by atoms with Gasteiger partial charge in [-0.15, -0.1) is 0 Å². The van der Waals surface area contributed by atoms with Crippen molar-refractivity contribution in [1.82, 2.24) is 9.97 Å². The predicted molar refractivity (Wildman–Crippen MR) is 79.3 cm³/mol. The Hall–Kier alpha value is -1.62. The molecule has 5 heteroatoms. The summed E-state index contributed by atoms with van der Waals surface area (Å²) in [5, 5.41) is 3.24. The van der Waals surface area contributed by atoms with E-state index >= 15 is 0 Å². The molecule has 0 radical (unpaired) electrons. The average molecular weight is 322 g/mol. The molecule has 2 aromatic rings. The van der Waals surface area contributed by atoms with Crippen LogP contribution in [0, 0.1) is 0 Å². The van der Waals surface area contributed by atoms with Crippen molar-refractivity contribution in [3.63, 3.8) is 0 Å². The Labute approximate surface area is 121 Å². The number of aromatic nitrogens is 2. The maximum Gasteiger partial charge on any atom is 0.213 e. The Balaban J connectivity index is 1.87. The highest BCUT2D eigenvalue weighted by Crippen LogP contribution is 2.12. The van der Waals surface area contributed by atoms with E-state index in [-0.39, 0.29) is 0 Å². The summed E-state index contributed by atoms with van der Waals surface area (Å²) in [5.41, 5.74) is 1.09. The number of nitrogens with one attached hydrogen (secondary N) is 1. The summed E-state index contributed by atoms with van der Waals surface area (Å²) in [6.07, 6.45) is 4.57. The third-order valence-corrected chi connectivity index (χ3v) is 2.92. The molecule has 0 aromatic carbocycles. The van der Waals surface area contributed by atoms with Gasteiger partial charge in [-0.2, -0.15) is 0 Å². The highest BCUT2D eigenvalue weighted by Gasteiger charge is 1.98. The van der Waals surface area contributed by atoms with E-state index in [9.17, 15) is 0 Å². The lowest BCUT2D eigenvalue weighted by Gasteiger charge is -2.07. The minimum absolute atomic E-state index is 0.673. The SMILES string of the molecule is CCCOc1ccc(CNc2ccc(Br)cn2)cn1. The van der Waals surface area contributed by atoms with Gasteiger partial charge < -0.3 is 10.1 Å². The van der Waals surface area contributed by atoms with Crippen LogP contribution in [-0.2, 0) is 6.54 Å². The number of ether oxygens (including phenoxy) is 1. The minimum atomic E-state index is 0.673. The third-order valence-electron chi connectivity index (χ3n) is 2.45. The van der Waals surface area contributed by atoms with Crippen LogP contribution in [-0.4, -0.2) is 16.6 Å². The van der Waals surface area contributed by atoms with Gasteiger partial charge in [0.15, 0.2) is 0 Å². The number of nitrogens with zero attached hydrogens (tertiary/aromatic N) is 2. The fourth-order valence-corrected chi connectivity index (χ4v) is 1.72. The topological polar surface area (TPSA) is 47.0 Å². The molecule has 0 spiro atoms. The van der Waals surface area contributed by atoms with E-state index in [2.05, 4.69) is 38.1 Å². The van der Waals surface area contributed by atoms with Crippen LogP contribution in [0.15, 0.2) is 41.1 Å². The van der Waals surface area contributed by atoms with Crippen molar-refractivity contribution in [3.05, 3.63) is 46.7 Å². The summed E-state index contributed by atoms with van der Waals surface area (Å²) in [4.78, 5) is 8.50. The maximum atomic E-state index is 5.44. The summed E-state index contributed by atoms with van der Waals surface area (Å²) >= 11 is 3.36. The molecule has 2 heterocycles. The zero-order valence-corrected chi connectivity index (χ0v) is 12.4. The molecule has 1 N–H and O–H groups in total. The van der Waals surface area contributed by atoms with Crippen LogP contribution in [0.1, 0.15) is 18.9 Å². The molecule has 0 bridgehead atoms. The fourth-order valence-electron chi connectivity index (χ4n) is 1.48. The lowest BCUT2D eigenvalue weighted by Crippen LogP contribution is -2.02. The third kappa shape index (κ3) is 4.52. The molecule has 0 aliphatic heterocycles. The van der Waals surface area contributed by atoms with Gasteiger partial charge in [-0.05, 0) is 40.0 Å². The predicted octanol–water partition coefficient (Wildman–Crippen LogP) is 3.64. The van der Waals surface area contributed by atoms with Crippen LogP contribution in [0.4, 0.5) is 5.82 Å². The van der Waals surface area contributed by atoms with E-state index in [0.29, 0.717) is 19.0 Å². The van der Waals surface area contributed by atoms with Crippen molar-refractivity contribution in [2.75, 3.05) is 11.9 Å². The molecule has 0 aliphatic carbocycles. The zero-order chi connectivity index (χ0) is 13.5. The number of pyridine rings is 2. The molecule has 2 rings (SSSR count). The second-order valence-corrected chi connectivity index (χ2v) is 4.98. The summed E-state index contributed by atoms with van der Waals surface area (Å²) < 4.78 is 6.41. The van der Waals surface area contributed by atoms with Crippen molar-refractivity contribution in [2.24, 2.45) is 0 Å². The van der Waals surface area contributed by atoms with Crippen molar-refractivity contribution < 1.29 is 4.74 Å². The molecule has 4 nitrogen and oxygen atoms in total. The first kappa shape index (κ1) is 13.8. The molecular formula is C14H16BrN3O. The highest BCUT2D eigenvalue weighted by atomic mass is 79.9. The number of halogens is 1. The molecule has 100 valence electrons. The Morgan fingerprint density at radius 2 is 2.05 bits per heavy atom. The standard InChI is InChI=1S/C14H16BrN3O/c1-2-7-19-14-6-3-11(9-18-14)8-16-13-5-4-12(15)10-17-13/h3-6,9-10H,2,7-8H2,1H3,(H,16,17). The summed E-state index contributed by atoms with van der Waals surface area (Å²) in [7, 11) is 0. The van der Waals surface area contributed by atoms with Crippen LogP contribution >= 0.6 is 15.9 Å². The molecule has 0 saturated heterocycles. The molecule has 0 saturated carbocycles. The van der Waals surface area contributed by atoms with Crippen molar-refractivity contribution >= 4 is 21.7 Å². The van der Waals surface area contributed by atoms with Crippen LogP contribution < -0.4 is 10.1 Å². The summed E-state index contributed by atoms with van der Waals surface area (Å²) in [6.45, 7) is 3.46. The van der Waals surface area contributed by atoms with Gasteiger partial charge in [0.2, 0.25) is 5.88 Å². The van der Waals surface area contributed by atoms with Gasteiger partial charge in [0.05, 0.1) is 6.61 Å². The molecule has 0 amide bonds. The van der Waals surface area contributed by atoms with Gasteiger partial charge in [0.1, 0.15) is 5.82 Å². The number of rotatable bonds is 6. The normalized spacial score (nSPS) is 10.2. The van der Waals surface area contributed by atoms with Crippen LogP contribution in [0.25, 0.3) is 0 Å². The number of hydrogen-bond acceptors (Lipinski definition) is 4. The van der Waals surface area contributed by atoms with Crippen molar-refractivity contribution in [2.45, 2.75) is 19.9 Å². The van der Waals surface area contributed by atoms with Gasteiger partial charge in [0.25, 0.3) is 0 Å². The second-order valence-electron chi connectivity index (χ2n) is 4.07. The smallest absolute Gasteiger partial charge is 0.213 e. The fraction of sp³-hybridized carbons (Fsp3) is 0.286. The van der Waals surface area contributed by atoms with Crippen molar-refractivity contribution in [1.29, 1.82) is 0 Å². The van der Waals surface area contributed by atoms with E-state index in [0.717, 1.165) is 22.3 Å². The first-order valence-electron chi connectivity index (χ1n) is 6.21. The molecule has 0 atom stereocenters. The molecule has 2 aromatic heterocycles. The van der Waals surface area contributed by atoms with Gasteiger partial charge in [-0.1, -0.05) is 13.0 Å². The Bertz CT molecular complexity index is 499. The second kappa shape index (κ2) is 7.09. The quantitative estimate of drug-likeness (QED) is 0.882. The zero-order valence-electron chi connectivity index (χ0n) is 10.8. The summed E-state index contributed by atoms with van der Waals surface area (Å²) in [6, 6.07) is 7.77. The Kier molecular flexibility index (Phi) is 5.15. The van der Waals surface area contributed by atoms with E-state index in [1.807, 2.05) is 30.5 Å². The van der Waals surface area contributed by atoms with E-state index in [4.69, 9.17) is 4.74 Å². The lowest BCUT2D eigenvalue weighted by molar-refractivity contribution is 0.305. The lowest BCUT2D eigenvalue weighted by atomic mass is 10.3. The van der Waals surface area contributed by atoms with Crippen LogP contribution in [0.2, 0.25) is 0 Å². The first-order valence-corrected chi connectivity index (χ1v) is 7.00. The molecule has 0 aliphatic rings. The largest absolute Gasteiger partial charge is 0.478 e. The van der Waals surface area contributed by atoms with E-state index < -0.39 is 0 Å². The highest BCUT2D eigenvalue weighted by molar-refractivity contribution is 9.10. The average Bonchev–Trinajstić information content (AvgIpc) is 2.46. The molecule has 0 fully saturated rings. The number of hydrogen-bond donors (Lipinski definition) is 1. The molecule has 0 unspecified atom stereocenters. The van der Waals surface area contributed by atoms with Gasteiger partial charge in [0, 0.05) is 29.5 Å². The first-order chi connectivity index (χ1) is 9.28. The Morgan fingerprint density at radius 1 is 1.16 bits per heavy atom. The van der Waals surface area contributed by atoms with Gasteiger partial charge >= 0.3 is 0 Å². The van der Waals surface area contributed by atoms with Crippen LogP contribution in [0.3, 0.4) is 0 Å². The van der Waals surface area contributed by atoms with Crippen molar-refractivity contribution in [3.8, 4) is 5.88 Å². The van der Waals surface area contributed by atoms with Gasteiger partial charge in [-0.3, -0.25) is 0 Å². The molecule has 19 heavy (non-hydrogen) atoms. The number of anilines is 1. The van der Waals surface area contributed by atoms with Crippen LogP contribution in [0.5, 0.6) is 5.88 Å². The Morgan fingerprint density at radius 3 is 2.68 bits per heavy atom. The van der Waals surface area contributed by atoms with E-state index in [1.54, 1.807) is 6.20 Å². The molecular weight excluding hydrogens is 306 g/mol. The monoisotopic (exact) mass is 321 g/mol. The van der Waals surface area contributed by atoms with Gasteiger partial charge in [-0.25, -0.2) is 9.97 Å². The minimum Gasteiger partial charge on any atom is -0.478 e. The summed E-state index contributed by atoms with van der Waals surface area (Å²) in [5.74, 6) is 1.52. The maximum absolute atomic E-state index is 5.44. The van der Waals surface area contributed by atoms with E-state index in [1.165, 1.54) is 0 Å².